The lowest BCUT2D eigenvalue weighted by Gasteiger charge is -2.10. The zero-order valence-electron chi connectivity index (χ0n) is 10.6. The van der Waals surface area contributed by atoms with Crippen LogP contribution in [-0.2, 0) is 0 Å². The number of hydrogen-bond acceptors (Lipinski definition) is 4. The number of carbonyl (C=O) groups is 1. The van der Waals surface area contributed by atoms with Crippen LogP contribution in [0.15, 0.2) is 36.7 Å². The molecule has 0 saturated heterocycles. The molecule has 0 bridgehead atoms. The quantitative estimate of drug-likeness (QED) is 0.913. The topological polar surface area (TPSA) is 68.7 Å². The van der Waals surface area contributed by atoms with Gasteiger partial charge in [-0.15, -0.1) is 0 Å². The molecule has 0 saturated carbocycles. The Morgan fingerprint density at radius 3 is 2.53 bits per heavy atom. The predicted molar refractivity (Wildman–Crippen MR) is 69.7 cm³/mol. The third kappa shape index (κ3) is 2.49. The molecular weight excluding hydrogens is 246 g/mol. The Kier molecular flexibility index (Phi) is 3.66. The van der Waals surface area contributed by atoms with Gasteiger partial charge in [0.05, 0.1) is 14.2 Å². The van der Waals surface area contributed by atoms with Gasteiger partial charge in [-0.1, -0.05) is 6.07 Å². The van der Waals surface area contributed by atoms with Gasteiger partial charge >= 0.3 is 5.97 Å². The molecule has 0 spiro atoms. The first-order valence-corrected chi connectivity index (χ1v) is 5.57. The van der Waals surface area contributed by atoms with Crippen LogP contribution in [0.5, 0.6) is 11.5 Å². The van der Waals surface area contributed by atoms with E-state index in [0.29, 0.717) is 17.1 Å². The molecule has 0 aliphatic carbocycles. The molecular formula is C14H13NO4. The number of carboxylic acid groups (broad SMARTS) is 1. The number of pyridine rings is 1. The van der Waals surface area contributed by atoms with Crippen LogP contribution in [0.25, 0.3) is 11.1 Å². The first-order valence-electron chi connectivity index (χ1n) is 5.57. The highest BCUT2D eigenvalue weighted by atomic mass is 16.5. The van der Waals surface area contributed by atoms with E-state index >= 15 is 0 Å². The van der Waals surface area contributed by atoms with Crippen molar-refractivity contribution in [2.75, 3.05) is 14.2 Å². The molecule has 2 rings (SSSR count). The fourth-order valence-corrected chi connectivity index (χ4v) is 1.82. The molecule has 0 aliphatic heterocycles. The second kappa shape index (κ2) is 5.39. The molecule has 98 valence electrons. The summed E-state index contributed by atoms with van der Waals surface area (Å²) >= 11 is 0. The minimum atomic E-state index is -1.04. The number of nitrogens with zero attached hydrogens (tertiary/aromatic N) is 1. The van der Waals surface area contributed by atoms with E-state index in [4.69, 9.17) is 14.6 Å². The summed E-state index contributed by atoms with van der Waals surface area (Å²) in [7, 11) is 2.99. The molecule has 19 heavy (non-hydrogen) atoms. The standard InChI is InChI=1S/C14H13NO4/c1-18-12-4-3-9(7-10(12)14(16)17)11-8-15-6-5-13(11)19-2/h3-8H,1-2H3,(H,16,17). The molecule has 0 amide bonds. The first kappa shape index (κ1) is 12.9. The maximum atomic E-state index is 11.2. The lowest BCUT2D eigenvalue weighted by atomic mass is 10.0. The lowest BCUT2D eigenvalue weighted by molar-refractivity contribution is 0.0693. The third-order valence-corrected chi connectivity index (χ3v) is 2.74. The summed E-state index contributed by atoms with van der Waals surface area (Å²) in [4.78, 5) is 15.2. The van der Waals surface area contributed by atoms with Crippen molar-refractivity contribution >= 4 is 5.97 Å². The molecule has 0 fully saturated rings. The molecule has 1 heterocycles. The minimum absolute atomic E-state index is 0.103. The average Bonchev–Trinajstić information content (AvgIpc) is 2.46. The number of hydrogen-bond donors (Lipinski definition) is 1. The summed E-state index contributed by atoms with van der Waals surface area (Å²) in [6.07, 6.45) is 3.25. The average molecular weight is 259 g/mol. The van der Waals surface area contributed by atoms with E-state index in [1.54, 1.807) is 43.8 Å². The number of aromatic nitrogens is 1. The Labute approximate surface area is 110 Å². The van der Waals surface area contributed by atoms with Gasteiger partial charge in [-0.2, -0.15) is 0 Å². The molecule has 5 heteroatoms. The fraction of sp³-hybridized carbons (Fsp3) is 0.143. The Bertz CT molecular complexity index is 610. The Hall–Kier alpha value is -2.56. The first-order chi connectivity index (χ1) is 9.17. The van der Waals surface area contributed by atoms with Crippen LogP contribution in [0.2, 0.25) is 0 Å². The zero-order valence-corrected chi connectivity index (χ0v) is 10.6. The summed E-state index contributed by atoms with van der Waals surface area (Å²) in [6, 6.07) is 6.65. The number of methoxy groups -OCH3 is 2. The Morgan fingerprint density at radius 2 is 1.89 bits per heavy atom. The van der Waals surface area contributed by atoms with E-state index in [1.165, 1.54) is 7.11 Å². The number of ether oxygens (including phenoxy) is 2. The van der Waals surface area contributed by atoms with Crippen molar-refractivity contribution in [1.29, 1.82) is 0 Å². The second-order valence-corrected chi connectivity index (χ2v) is 3.80. The normalized spacial score (nSPS) is 10.0. The SMILES string of the molecule is COc1ccc(-c2cnccc2OC)cc1C(=O)O. The largest absolute Gasteiger partial charge is 0.496 e. The molecule has 1 aromatic carbocycles. The van der Waals surface area contributed by atoms with Crippen LogP contribution in [0.3, 0.4) is 0 Å². The van der Waals surface area contributed by atoms with E-state index in [2.05, 4.69) is 4.98 Å². The van der Waals surface area contributed by atoms with E-state index in [1.807, 2.05) is 0 Å². The van der Waals surface area contributed by atoms with Gasteiger partial charge < -0.3 is 14.6 Å². The fourth-order valence-electron chi connectivity index (χ4n) is 1.82. The maximum Gasteiger partial charge on any atom is 0.339 e. The zero-order chi connectivity index (χ0) is 13.8. The van der Waals surface area contributed by atoms with Gasteiger partial charge in [0.1, 0.15) is 17.1 Å². The van der Waals surface area contributed by atoms with E-state index in [0.717, 1.165) is 5.56 Å². The van der Waals surface area contributed by atoms with Gasteiger partial charge in [0.25, 0.3) is 0 Å². The number of rotatable bonds is 4. The molecule has 0 atom stereocenters. The van der Waals surface area contributed by atoms with Gasteiger partial charge in [-0.05, 0) is 23.8 Å². The van der Waals surface area contributed by atoms with Gasteiger partial charge in [0, 0.05) is 18.0 Å². The van der Waals surface area contributed by atoms with Crippen LogP contribution in [-0.4, -0.2) is 30.3 Å². The highest BCUT2D eigenvalue weighted by molar-refractivity contribution is 5.93. The van der Waals surface area contributed by atoms with Gasteiger partial charge in [0.2, 0.25) is 0 Å². The summed E-state index contributed by atoms with van der Waals surface area (Å²) in [5.74, 6) is -0.0860. The number of aromatic carboxylic acids is 1. The van der Waals surface area contributed by atoms with Crippen molar-refractivity contribution in [3.05, 3.63) is 42.2 Å². The van der Waals surface area contributed by atoms with Gasteiger partial charge in [-0.3, -0.25) is 4.98 Å². The van der Waals surface area contributed by atoms with Crippen molar-refractivity contribution in [2.24, 2.45) is 0 Å². The third-order valence-electron chi connectivity index (χ3n) is 2.74. The van der Waals surface area contributed by atoms with Gasteiger partial charge in [-0.25, -0.2) is 4.79 Å². The highest BCUT2D eigenvalue weighted by Crippen LogP contribution is 2.32. The molecule has 2 aromatic rings. The molecule has 1 N–H and O–H groups in total. The van der Waals surface area contributed by atoms with E-state index < -0.39 is 5.97 Å². The highest BCUT2D eigenvalue weighted by Gasteiger charge is 2.14. The Balaban J connectivity index is 2.57. The maximum absolute atomic E-state index is 11.2. The van der Waals surface area contributed by atoms with Crippen molar-refractivity contribution in [3.8, 4) is 22.6 Å². The summed E-state index contributed by atoms with van der Waals surface area (Å²) in [6.45, 7) is 0. The molecule has 5 nitrogen and oxygen atoms in total. The minimum Gasteiger partial charge on any atom is -0.496 e. The lowest BCUT2D eigenvalue weighted by Crippen LogP contribution is -2.01. The monoisotopic (exact) mass is 259 g/mol. The van der Waals surface area contributed by atoms with Crippen molar-refractivity contribution in [1.82, 2.24) is 4.98 Å². The second-order valence-electron chi connectivity index (χ2n) is 3.80. The Morgan fingerprint density at radius 1 is 1.16 bits per heavy atom. The van der Waals surface area contributed by atoms with Crippen LogP contribution in [0.4, 0.5) is 0 Å². The van der Waals surface area contributed by atoms with E-state index in [9.17, 15) is 4.79 Å². The summed E-state index contributed by atoms with van der Waals surface area (Å²) in [5, 5.41) is 9.17. The van der Waals surface area contributed by atoms with Crippen LogP contribution < -0.4 is 9.47 Å². The summed E-state index contributed by atoms with van der Waals surface area (Å²) < 4.78 is 10.3. The van der Waals surface area contributed by atoms with Crippen LogP contribution in [0, 0.1) is 0 Å². The van der Waals surface area contributed by atoms with E-state index in [-0.39, 0.29) is 5.56 Å². The van der Waals surface area contributed by atoms with Crippen molar-refractivity contribution in [3.63, 3.8) is 0 Å². The molecule has 1 aromatic heterocycles. The van der Waals surface area contributed by atoms with Crippen molar-refractivity contribution in [2.45, 2.75) is 0 Å². The van der Waals surface area contributed by atoms with Gasteiger partial charge in [0.15, 0.2) is 0 Å². The van der Waals surface area contributed by atoms with Crippen LogP contribution >= 0.6 is 0 Å². The smallest absolute Gasteiger partial charge is 0.339 e. The van der Waals surface area contributed by atoms with Crippen LogP contribution in [0.1, 0.15) is 10.4 Å². The number of carboxylic acids is 1. The number of benzene rings is 1. The molecule has 0 aliphatic rings. The molecule has 0 unspecified atom stereocenters. The molecule has 0 radical (unpaired) electrons. The predicted octanol–water partition coefficient (Wildman–Crippen LogP) is 2.46. The summed E-state index contributed by atoms with van der Waals surface area (Å²) in [5.41, 5.74) is 1.55. The van der Waals surface area contributed by atoms with Crippen molar-refractivity contribution < 1.29 is 19.4 Å².